The van der Waals surface area contributed by atoms with Gasteiger partial charge in [-0.15, -0.1) is 0 Å². The molecule has 0 aromatic heterocycles. The predicted octanol–water partition coefficient (Wildman–Crippen LogP) is 3.26. The van der Waals surface area contributed by atoms with E-state index < -0.39 is 11.9 Å². The van der Waals surface area contributed by atoms with Crippen LogP contribution in [0.2, 0.25) is 0 Å². The quantitative estimate of drug-likeness (QED) is 0.695. The maximum Gasteiger partial charge on any atom is 0.336 e. The van der Waals surface area contributed by atoms with Gasteiger partial charge in [-0.25, -0.2) is 4.79 Å². The summed E-state index contributed by atoms with van der Waals surface area (Å²) in [5, 5.41) is 21.3. The first-order chi connectivity index (χ1) is 9.90. The standard InChI is InChI=1S/C15H12INO4/c1-8-10(15(20)21)3-2-4-12(8)17-14(19)9-5-6-11(16)13(18)7-9/h2-7,18H,1H3,(H,17,19)(H,20,21). The summed E-state index contributed by atoms with van der Waals surface area (Å²) in [6.07, 6.45) is 0. The van der Waals surface area contributed by atoms with Crippen molar-refractivity contribution in [3.05, 3.63) is 56.7 Å². The van der Waals surface area contributed by atoms with Crippen LogP contribution in [0.3, 0.4) is 0 Å². The second-order valence-corrected chi connectivity index (χ2v) is 5.57. The van der Waals surface area contributed by atoms with Gasteiger partial charge in [-0.1, -0.05) is 6.07 Å². The molecule has 5 nitrogen and oxygen atoms in total. The van der Waals surface area contributed by atoms with Gasteiger partial charge in [0.2, 0.25) is 0 Å². The maximum absolute atomic E-state index is 12.1. The van der Waals surface area contributed by atoms with E-state index in [1.54, 1.807) is 31.2 Å². The molecule has 0 spiro atoms. The number of hydrogen-bond donors (Lipinski definition) is 3. The molecule has 6 heteroatoms. The van der Waals surface area contributed by atoms with E-state index in [0.717, 1.165) is 0 Å². The van der Waals surface area contributed by atoms with Crippen LogP contribution in [-0.4, -0.2) is 22.1 Å². The Morgan fingerprint density at radius 1 is 1.19 bits per heavy atom. The third-order valence-electron chi connectivity index (χ3n) is 3.02. The molecule has 0 radical (unpaired) electrons. The minimum absolute atomic E-state index is 0.0271. The van der Waals surface area contributed by atoms with Gasteiger partial charge in [0.25, 0.3) is 5.91 Å². The molecule has 0 saturated heterocycles. The van der Waals surface area contributed by atoms with Crippen molar-refractivity contribution in [3.8, 4) is 5.75 Å². The van der Waals surface area contributed by atoms with Crippen molar-refractivity contribution in [3.63, 3.8) is 0 Å². The molecule has 2 aromatic carbocycles. The van der Waals surface area contributed by atoms with Gasteiger partial charge in [0.15, 0.2) is 0 Å². The number of carboxylic acids is 1. The van der Waals surface area contributed by atoms with Gasteiger partial charge in [0, 0.05) is 11.3 Å². The minimum Gasteiger partial charge on any atom is -0.507 e. The number of carbonyl (C=O) groups excluding carboxylic acids is 1. The number of hydrogen-bond acceptors (Lipinski definition) is 3. The Labute approximate surface area is 134 Å². The molecule has 0 bridgehead atoms. The summed E-state index contributed by atoms with van der Waals surface area (Å²) in [5.74, 6) is -1.43. The van der Waals surface area contributed by atoms with Gasteiger partial charge in [-0.3, -0.25) is 4.79 Å². The molecule has 0 atom stereocenters. The molecule has 0 aliphatic carbocycles. The minimum atomic E-state index is -1.05. The first-order valence-corrected chi connectivity index (χ1v) is 7.11. The molecular weight excluding hydrogens is 385 g/mol. The van der Waals surface area contributed by atoms with Crippen molar-refractivity contribution in [1.82, 2.24) is 0 Å². The second kappa shape index (κ2) is 6.13. The SMILES string of the molecule is Cc1c(NC(=O)c2ccc(I)c(O)c2)cccc1C(=O)O. The van der Waals surface area contributed by atoms with E-state index in [2.05, 4.69) is 5.32 Å². The molecule has 1 amide bonds. The molecule has 0 unspecified atom stereocenters. The monoisotopic (exact) mass is 397 g/mol. The average Bonchev–Trinajstić information content (AvgIpc) is 2.43. The van der Waals surface area contributed by atoms with Crippen molar-refractivity contribution >= 4 is 40.2 Å². The van der Waals surface area contributed by atoms with Crippen LogP contribution in [0.15, 0.2) is 36.4 Å². The predicted molar refractivity (Wildman–Crippen MR) is 86.9 cm³/mol. The Morgan fingerprint density at radius 3 is 2.52 bits per heavy atom. The largest absolute Gasteiger partial charge is 0.507 e. The van der Waals surface area contributed by atoms with E-state index in [-0.39, 0.29) is 11.3 Å². The van der Waals surface area contributed by atoms with Crippen molar-refractivity contribution in [2.75, 3.05) is 5.32 Å². The number of carboxylic acid groups (broad SMARTS) is 1. The van der Waals surface area contributed by atoms with Gasteiger partial charge < -0.3 is 15.5 Å². The average molecular weight is 397 g/mol. The highest BCUT2D eigenvalue weighted by Gasteiger charge is 2.13. The summed E-state index contributed by atoms with van der Waals surface area (Å²) in [5.41, 5.74) is 1.34. The number of anilines is 1. The van der Waals surface area contributed by atoms with E-state index in [1.807, 2.05) is 22.6 Å². The molecule has 0 aliphatic rings. The van der Waals surface area contributed by atoms with Crippen LogP contribution >= 0.6 is 22.6 Å². The lowest BCUT2D eigenvalue weighted by Gasteiger charge is -2.10. The summed E-state index contributed by atoms with van der Waals surface area (Å²) < 4.78 is 0.646. The van der Waals surface area contributed by atoms with Gasteiger partial charge in [-0.05, 0) is 65.4 Å². The molecule has 0 fully saturated rings. The van der Waals surface area contributed by atoms with Gasteiger partial charge in [0.1, 0.15) is 5.75 Å². The molecule has 0 aliphatic heterocycles. The highest BCUT2D eigenvalue weighted by atomic mass is 127. The van der Waals surface area contributed by atoms with E-state index in [0.29, 0.717) is 20.4 Å². The zero-order valence-electron chi connectivity index (χ0n) is 11.1. The van der Waals surface area contributed by atoms with Gasteiger partial charge in [-0.2, -0.15) is 0 Å². The van der Waals surface area contributed by atoms with Crippen LogP contribution in [0.5, 0.6) is 5.75 Å². The topological polar surface area (TPSA) is 86.6 Å². The Hall–Kier alpha value is -2.09. The van der Waals surface area contributed by atoms with E-state index in [1.165, 1.54) is 12.1 Å². The van der Waals surface area contributed by atoms with Crippen LogP contribution in [0, 0.1) is 10.5 Å². The summed E-state index contributed by atoms with van der Waals surface area (Å²) in [6, 6.07) is 9.26. The van der Waals surface area contributed by atoms with E-state index in [9.17, 15) is 14.7 Å². The lowest BCUT2D eigenvalue weighted by Crippen LogP contribution is -2.14. The number of carbonyl (C=O) groups is 2. The number of phenols is 1. The fraction of sp³-hybridized carbons (Fsp3) is 0.0667. The highest BCUT2D eigenvalue weighted by Crippen LogP contribution is 2.23. The molecule has 0 saturated carbocycles. The van der Waals surface area contributed by atoms with Crippen LogP contribution in [-0.2, 0) is 0 Å². The van der Waals surface area contributed by atoms with Gasteiger partial charge in [0.05, 0.1) is 9.13 Å². The normalized spacial score (nSPS) is 10.2. The molecule has 21 heavy (non-hydrogen) atoms. The maximum atomic E-state index is 12.1. The number of rotatable bonds is 3. The molecule has 3 N–H and O–H groups in total. The summed E-state index contributed by atoms with van der Waals surface area (Å²) in [6.45, 7) is 1.63. The van der Waals surface area contributed by atoms with E-state index >= 15 is 0 Å². The number of benzene rings is 2. The lowest BCUT2D eigenvalue weighted by atomic mass is 10.1. The van der Waals surface area contributed by atoms with Crippen molar-refractivity contribution in [2.45, 2.75) is 6.92 Å². The molecule has 0 heterocycles. The van der Waals surface area contributed by atoms with E-state index in [4.69, 9.17) is 5.11 Å². The molecule has 2 rings (SSSR count). The number of aromatic carboxylic acids is 1. The number of amides is 1. The molecule has 108 valence electrons. The Kier molecular flexibility index (Phi) is 4.46. The first kappa shape index (κ1) is 15.3. The number of aromatic hydroxyl groups is 1. The van der Waals surface area contributed by atoms with Crippen LogP contribution < -0.4 is 5.32 Å². The third kappa shape index (κ3) is 3.33. The zero-order valence-corrected chi connectivity index (χ0v) is 13.2. The van der Waals surface area contributed by atoms with Crippen molar-refractivity contribution in [1.29, 1.82) is 0 Å². The lowest BCUT2D eigenvalue weighted by molar-refractivity contribution is 0.0695. The Balaban J connectivity index is 2.29. The molecule has 2 aromatic rings. The Morgan fingerprint density at radius 2 is 1.90 bits per heavy atom. The summed E-state index contributed by atoms with van der Waals surface area (Å²) in [4.78, 5) is 23.2. The van der Waals surface area contributed by atoms with Crippen LogP contribution in [0.4, 0.5) is 5.69 Å². The third-order valence-corrected chi connectivity index (χ3v) is 3.93. The number of halogens is 1. The Bertz CT molecular complexity index is 728. The van der Waals surface area contributed by atoms with Crippen molar-refractivity contribution < 1.29 is 19.8 Å². The molecular formula is C15H12INO4. The first-order valence-electron chi connectivity index (χ1n) is 6.03. The van der Waals surface area contributed by atoms with Crippen LogP contribution in [0.25, 0.3) is 0 Å². The summed E-state index contributed by atoms with van der Waals surface area (Å²) >= 11 is 1.96. The van der Waals surface area contributed by atoms with Crippen LogP contribution in [0.1, 0.15) is 26.3 Å². The fourth-order valence-electron chi connectivity index (χ4n) is 1.85. The van der Waals surface area contributed by atoms with Crippen molar-refractivity contribution in [2.24, 2.45) is 0 Å². The zero-order chi connectivity index (χ0) is 15.6. The highest BCUT2D eigenvalue weighted by molar-refractivity contribution is 14.1. The smallest absolute Gasteiger partial charge is 0.336 e. The summed E-state index contributed by atoms with van der Waals surface area (Å²) in [7, 11) is 0. The fourth-order valence-corrected chi connectivity index (χ4v) is 2.19. The number of phenolic OH excluding ortho intramolecular Hbond substituents is 1. The number of nitrogens with one attached hydrogen (secondary N) is 1. The van der Waals surface area contributed by atoms with Gasteiger partial charge >= 0.3 is 5.97 Å². The second-order valence-electron chi connectivity index (χ2n) is 4.40.